The lowest BCUT2D eigenvalue weighted by Gasteiger charge is -2.17. The fourth-order valence-electron chi connectivity index (χ4n) is 2.44. The van der Waals surface area contributed by atoms with Crippen LogP contribution in [0.15, 0.2) is 24.3 Å². The number of hydrogen-bond acceptors (Lipinski definition) is 7. The zero-order valence-electron chi connectivity index (χ0n) is 13.7. The number of ether oxygens (including phenoxy) is 3. The van der Waals surface area contributed by atoms with Gasteiger partial charge in [0.2, 0.25) is 0 Å². The van der Waals surface area contributed by atoms with Crippen molar-refractivity contribution in [1.29, 1.82) is 0 Å². The highest BCUT2D eigenvalue weighted by Gasteiger charge is 2.28. The van der Waals surface area contributed by atoms with Crippen molar-refractivity contribution in [3.05, 3.63) is 35.4 Å². The van der Waals surface area contributed by atoms with Crippen molar-refractivity contribution in [1.82, 2.24) is 0 Å². The molecule has 0 aliphatic carbocycles. The van der Waals surface area contributed by atoms with Crippen molar-refractivity contribution < 1.29 is 39.1 Å². The smallest absolute Gasteiger partial charge is 0.338 e. The Hall–Kier alpha value is -3.42. The van der Waals surface area contributed by atoms with Gasteiger partial charge in [-0.3, -0.25) is 0 Å². The lowest BCUT2D eigenvalue weighted by Crippen LogP contribution is -2.08. The minimum Gasteiger partial charge on any atom is -0.504 e. The number of methoxy groups -OCH3 is 3. The van der Waals surface area contributed by atoms with Crippen LogP contribution >= 0.6 is 0 Å². The maximum Gasteiger partial charge on any atom is 0.338 e. The number of phenols is 2. The van der Waals surface area contributed by atoms with Gasteiger partial charge in [-0.25, -0.2) is 9.59 Å². The van der Waals surface area contributed by atoms with E-state index in [0.29, 0.717) is 0 Å². The number of esters is 1. The molecule has 0 bridgehead atoms. The maximum absolute atomic E-state index is 12.1. The Bertz CT molecular complexity index is 841. The predicted octanol–water partition coefficient (Wildman–Crippen LogP) is 2.27. The molecular formula is C17H16O8. The zero-order valence-corrected chi connectivity index (χ0v) is 13.7. The topological polar surface area (TPSA) is 123 Å². The number of rotatable bonds is 5. The first kappa shape index (κ1) is 17.9. The number of hydrogen-bond donors (Lipinski definition) is 3. The summed E-state index contributed by atoms with van der Waals surface area (Å²) in [4.78, 5) is 23.7. The third kappa shape index (κ3) is 3.01. The Morgan fingerprint density at radius 3 is 1.64 bits per heavy atom. The highest BCUT2D eigenvalue weighted by Crippen LogP contribution is 2.47. The molecule has 0 spiro atoms. The van der Waals surface area contributed by atoms with Crippen molar-refractivity contribution in [3.8, 4) is 34.1 Å². The summed E-state index contributed by atoms with van der Waals surface area (Å²) in [5.41, 5.74) is -1.01. The van der Waals surface area contributed by atoms with Crippen molar-refractivity contribution in [3.63, 3.8) is 0 Å². The molecule has 0 amide bonds. The molecule has 2 aromatic carbocycles. The van der Waals surface area contributed by atoms with Gasteiger partial charge in [-0.15, -0.1) is 0 Å². The van der Waals surface area contributed by atoms with Gasteiger partial charge in [0.1, 0.15) is 0 Å². The van der Waals surface area contributed by atoms with Gasteiger partial charge in [-0.2, -0.15) is 0 Å². The van der Waals surface area contributed by atoms with Gasteiger partial charge in [0.25, 0.3) is 0 Å². The molecule has 2 rings (SSSR count). The second-order valence-corrected chi connectivity index (χ2v) is 4.87. The monoisotopic (exact) mass is 348 g/mol. The summed E-state index contributed by atoms with van der Waals surface area (Å²) in [6, 6.07) is 5.07. The minimum absolute atomic E-state index is 0.0128. The van der Waals surface area contributed by atoms with Crippen LogP contribution in [-0.2, 0) is 4.74 Å². The molecular weight excluding hydrogens is 332 g/mol. The second kappa shape index (κ2) is 7.00. The highest BCUT2D eigenvalue weighted by molar-refractivity contribution is 6.06. The molecule has 0 saturated carbocycles. The van der Waals surface area contributed by atoms with Crippen LogP contribution in [0.25, 0.3) is 11.1 Å². The summed E-state index contributed by atoms with van der Waals surface area (Å²) in [6.45, 7) is 0. The Morgan fingerprint density at radius 1 is 0.800 bits per heavy atom. The normalized spacial score (nSPS) is 10.2. The summed E-state index contributed by atoms with van der Waals surface area (Å²) in [7, 11) is 3.71. The molecule has 0 fully saturated rings. The fourth-order valence-corrected chi connectivity index (χ4v) is 2.44. The maximum atomic E-state index is 12.1. The SMILES string of the molecule is COC(=O)c1ccc(OC)c(O)c1-c1c(C(=O)O)ccc(OC)c1O. The quantitative estimate of drug-likeness (QED) is 0.703. The minimum atomic E-state index is -1.37. The average molecular weight is 348 g/mol. The summed E-state index contributed by atoms with van der Waals surface area (Å²) in [5, 5.41) is 30.4. The van der Waals surface area contributed by atoms with Crippen molar-refractivity contribution in [2.24, 2.45) is 0 Å². The van der Waals surface area contributed by atoms with E-state index in [1.54, 1.807) is 0 Å². The molecule has 0 heterocycles. The van der Waals surface area contributed by atoms with Crippen molar-refractivity contribution >= 4 is 11.9 Å². The van der Waals surface area contributed by atoms with E-state index < -0.39 is 23.4 Å². The number of carbonyl (C=O) groups excluding carboxylic acids is 1. The molecule has 0 unspecified atom stereocenters. The third-order valence-electron chi connectivity index (χ3n) is 3.61. The van der Waals surface area contributed by atoms with Crippen LogP contribution in [0, 0.1) is 0 Å². The fraction of sp³-hybridized carbons (Fsp3) is 0.176. The van der Waals surface area contributed by atoms with Gasteiger partial charge >= 0.3 is 11.9 Å². The standard InChI is InChI=1S/C17H16O8/c1-23-10-6-4-8(16(20)21)12(14(10)18)13-9(17(22)25-3)5-7-11(24-2)15(13)19/h4-7,18-19H,1-3H3,(H,20,21). The number of carboxylic acid groups (broad SMARTS) is 1. The van der Waals surface area contributed by atoms with Crippen molar-refractivity contribution in [2.45, 2.75) is 0 Å². The van der Waals surface area contributed by atoms with E-state index in [1.807, 2.05) is 0 Å². The van der Waals surface area contributed by atoms with Crippen LogP contribution in [0.5, 0.6) is 23.0 Å². The zero-order chi connectivity index (χ0) is 18.7. The van der Waals surface area contributed by atoms with Gasteiger partial charge < -0.3 is 29.5 Å². The van der Waals surface area contributed by atoms with E-state index >= 15 is 0 Å². The molecule has 0 radical (unpaired) electrons. The molecule has 0 aliphatic heterocycles. The molecule has 8 nitrogen and oxygen atoms in total. The summed E-state index contributed by atoms with van der Waals surface area (Å²) in [5.74, 6) is -3.30. The van der Waals surface area contributed by atoms with E-state index in [9.17, 15) is 24.9 Å². The van der Waals surface area contributed by atoms with Gasteiger partial charge in [0, 0.05) is 11.1 Å². The number of carboxylic acids is 1. The summed E-state index contributed by atoms with van der Waals surface area (Å²) >= 11 is 0. The number of benzene rings is 2. The largest absolute Gasteiger partial charge is 0.504 e. The first-order valence-corrected chi connectivity index (χ1v) is 6.99. The molecule has 0 aliphatic rings. The van der Waals surface area contributed by atoms with Crippen LogP contribution < -0.4 is 9.47 Å². The van der Waals surface area contributed by atoms with E-state index in [0.717, 1.165) is 7.11 Å². The Labute approximate surface area is 142 Å². The van der Waals surface area contributed by atoms with Gasteiger partial charge in [0.05, 0.1) is 32.5 Å². The molecule has 0 aromatic heterocycles. The van der Waals surface area contributed by atoms with Crippen molar-refractivity contribution in [2.75, 3.05) is 21.3 Å². The second-order valence-electron chi connectivity index (χ2n) is 4.87. The number of aromatic carboxylic acids is 1. The summed E-state index contributed by atoms with van der Waals surface area (Å²) < 4.78 is 14.7. The summed E-state index contributed by atoms with van der Waals surface area (Å²) in [6.07, 6.45) is 0. The molecule has 0 saturated heterocycles. The molecule has 0 atom stereocenters. The van der Waals surface area contributed by atoms with E-state index in [2.05, 4.69) is 4.74 Å². The lowest BCUT2D eigenvalue weighted by molar-refractivity contribution is 0.0599. The number of phenolic OH excluding ortho intramolecular Hbond substituents is 2. The Balaban J connectivity index is 2.98. The van der Waals surface area contributed by atoms with Gasteiger partial charge in [0.15, 0.2) is 23.0 Å². The first-order valence-electron chi connectivity index (χ1n) is 6.99. The van der Waals surface area contributed by atoms with E-state index in [4.69, 9.17) is 9.47 Å². The number of carbonyl (C=O) groups is 2. The molecule has 8 heteroatoms. The molecule has 2 aromatic rings. The van der Waals surface area contributed by atoms with Crippen LogP contribution in [0.2, 0.25) is 0 Å². The molecule has 3 N–H and O–H groups in total. The predicted molar refractivity (Wildman–Crippen MR) is 86.6 cm³/mol. The number of aromatic hydroxyl groups is 2. The van der Waals surface area contributed by atoms with Crippen LogP contribution in [0.4, 0.5) is 0 Å². The van der Waals surface area contributed by atoms with Crippen LogP contribution in [0.1, 0.15) is 20.7 Å². The van der Waals surface area contributed by atoms with Crippen LogP contribution in [-0.4, -0.2) is 48.6 Å². The molecule has 25 heavy (non-hydrogen) atoms. The average Bonchev–Trinajstić information content (AvgIpc) is 2.60. The lowest BCUT2D eigenvalue weighted by atomic mass is 9.92. The first-order chi connectivity index (χ1) is 11.9. The Morgan fingerprint density at radius 2 is 1.24 bits per heavy atom. The van der Waals surface area contributed by atoms with Gasteiger partial charge in [-0.1, -0.05) is 0 Å². The third-order valence-corrected chi connectivity index (χ3v) is 3.61. The Kier molecular flexibility index (Phi) is 5.02. The van der Waals surface area contributed by atoms with Gasteiger partial charge in [-0.05, 0) is 24.3 Å². The van der Waals surface area contributed by atoms with E-state index in [1.165, 1.54) is 38.5 Å². The highest BCUT2D eigenvalue weighted by atomic mass is 16.5. The molecule has 132 valence electrons. The van der Waals surface area contributed by atoms with Crippen LogP contribution in [0.3, 0.4) is 0 Å². The van der Waals surface area contributed by atoms with E-state index in [-0.39, 0.29) is 33.8 Å².